The van der Waals surface area contributed by atoms with Gasteiger partial charge in [0.1, 0.15) is 0 Å². The van der Waals surface area contributed by atoms with Gasteiger partial charge in [-0.05, 0) is 44.2 Å². The number of hydrogen-bond acceptors (Lipinski definition) is 6. The number of primary amides is 1. The number of oxime groups is 1. The zero-order valence-electron chi connectivity index (χ0n) is 14.6. The third-order valence-electron chi connectivity index (χ3n) is 3.26. The van der Waals surface area contributed by atoms with Crippen molar-refractivity contribution < 1.29 is 23.9 Å². The van der Waals surface area contributed by atoms with Gasteiger partial charge in [-0.3, -0.25) is 4.79 Å². The number of ether oxygens (including phenoxy) is 2. The molecule has 1 amide bonds. The quantitative estimate of drug-likeness (QED) is 0.445. The molecule has 0 atom stereocenters. The molecule has 7 heteroatoms. The zero-order chi connectivity index (χ0) is 18.9. The van der Waals surface area contributed by atoms with E-state index in [-0.39, 0.29) is 6.61 Å². The Hall–Kier alpha value is -3.35. The SMILES string of the molecule is CCOc1cc(/C=N/OC(=O)c2ccc(C)cc2)ccc1OCC(N)=O. The Kier molecular flexibility index (Phi) is 6.73. The maximum atomic E-state index is 11.9. The molecule has 2 aromatic carbocycles. The van der Waals surface area contributed by atoms with Gasteiger partial charge in [-0.2, -0.15) is 0 Å². The summed E-state index contributed by atoms with van der Waals surface area (Å²) in [7, 11) is 0. The Morgan fingerprint density at radius 2 is 1.81 bits per heavy atom. The predicted molar refractivity (Wildman–Crippen MR) is 96.5 cm³/mol. The lowest BCUT2D eigenvalue weighted by Crippen LogP contribution is -2.20. The Bertz CT molecular complexity index is 800. The second-order valence-electron chi connectivity index (χ2n) is 5.37. The highest BCUT2D eigenvalue weighted by Gasteiger charge is 2.08. The summed E-state index contributed by atoms with van der Waals surface area (Å²) < 4.78 is 10.8. The van der Waals surface area contributed by atoms with Crippen molar-refractivity contribution in [2.45, 2.75) is 13.8 Å². The van der Waals surface area contributed by atoms with Crippen molar-refractivity contribution in [3.63, 3.8) is 0 Å². The number of nitrogens with zero attached hydrogens (tertiary/aromatic N) is 1. The molecule has 2 rings (SSSR count). The zero-order valence-corrected chi connectivity index (χ0v) is 14.6. The lowest BCUT2D eigenvalue weighted by molar-refractivity contribution is -0.119. The molecule has 26 heavy (non-hydrogen) atoms. The first-order valence-corrected chi connectivity index (χ1v) is 7.99. The van der Waals surface area contributed by atoms with Crippen LogP contribution in [0.1, 0.15) is 28.4 Å². The predicted octanol–water partition coefficient (Wildman–Crippen LogP) is 2.45. The molecule has 0 heterocycles. The van der Waals surface area contributed by atoms with Crippen LogP contribution in [0.3, 0.4) is 0 Å². The van der Waals surface area contributed by atoms with Crippen molar-refractivity contribution in [3.8, 4) is 11.5 Å². The second kappa shape index (κ2) is 9.22. The smallest absolute Gasteiger partial charge is 0.365 e. The summed E-state index contributed by atoms with van der Waals surface area (Å²) in [4.78, 5) is 27.6. The first-order chi connectivity index (χ1) is 12.5. The van der Waals surface area contributed by atoms with E-state index in [4.69, 9.17) is 20.0 Å². The van der Waals surface area contributed by atoms with Crippen LogP contribution in [-0.4, -0.2) is 31.3 Å². The summed E-state index contributed by atoms with van der Waals surface area (Å²) in [5.74, 6) is -0.309. The normalized spacial score (nSPS) is 10.5. The number of nitrogens with two attached hydrogens (primary N) is 1. The molecule has 0 saturated heterocycles. The van der Waals surface area contributed by atoms with Gasteiger partial charge < -0.3 is 20.0 Å². The van der Waals surface area contributed by atoms with Crippen LogP contribution in [0.4, 0.5) is 0 Å². The molecule has 0 fully saturated rings. The Balaban J connectivity index is 2.04. The third kappa shape index (κ3) is 5.62. The van der Waals surface area contributed by atoms with Crippen molar-refractivity contribution in [3.05, 3.63) is 59.2 Å². The van der Waals surface area contributed by atoms with Gasteiger partial charge in [-0.1, -0.05) is 22.9 Å². The molecule has 0 spiro atoms. The number of hydrogen-bond donors (Lipinski definition) is 1. The monoisotopic (exact) mass is 356 g/mol. The van der Waals surface area contributed by atoms with Crippen LogP contribution in [-0.2, 0) is 9.63 Å². The summed E-state index contributed by atoms with van der Waals surface area (Å²) >= 11 is 0. The summed E-state index contributed by atoms with van der Waals surface area (Å²) in [6, 6.07) is 11.9. The number of carbonyl (C=O) groups is 2. The van der Waals surface area contributed by atoms with Crippen LogP contribution in [0.15, 0.2) is 47.6 Å². The molecular weight excluding hydrogens is 336 g/mol. The van der Waals surface area contributed by atoms with Crippen molar-refractivity contribution in [2.24, 2.45) is 10.9 Å². The number of benzene rings is 2. The lowest BCUT2D eigenvalue weighted by atomic mass is 10.2. The molecule has 0 aliphatic rings. The standard InChI is InChI=1S/C19H20N2O5/c1-3-24-17-10-14(6-9-16(17)25-12-18(20)22)11-21-26-19(23)15-7-4-13(2)5-8-15/h4-11H,3,12H2,1-2H3,(H2,20,22)/b21-11+. The van der Waals surface area contributed by atoms with Gasteiger partial charge in [-0.25, -0.2) is 4.79 Å². The van der Waals surface area contributed by atoms with Gasteiger partial charge in [0.25, 0.3) is 5.91 Å². The molecule has 0 saturated carbocycles. The van der Waals surface area contributed by atoms with Gasteiger partial charge >= 0.3 is 5.97 Å². The summed E-state index contributed by atoms with van der Waals surface area (Å²) in [6.45, 7) is 3.92. The van der Waals surface area contributed by atoms with E-state index in [0.717, 1.165) is 5.56 Å². The first kappa shape index (κ1) is 19.0. The summed E-state index contributed by atoms with van der Waals surface area (Å²) in [5.41, 5.74) is 7.17. The fourth-order valence-electron chi connectivity index (χ4n) is 2.02. The van der Waals surface area contributed by atoms with Crippen LogP contribution in [0, 0.1) is 6.92 Å². The molecule has 0 unspecified atom stereocenters. The average Bonchev–Trinajstić information content (AvgIpc) is 2.61. The minimum Gasteiger partial charge on any atom is -0.490 e. The van der Waals surface area contributed by atoms with Gasteiger partial charge in [0, 0.05) is 5.56 Å². The number of aryl methyl sites for hydroxylation is 1. The van der Waals surface area contributed by atoms with E-state index >= 15 is 0 Å². The van der Waals surface area contributed by atoms with Crippen LogP contribution in [0.5, 0.6) is 11.5 Å². The minimum absolute atomic E-state index is 0.248. The Morgan fingerprint density at radius 3 is 2.46 bits per heavy atom. The summed E-state index contributed by atoms with van der Waals surface area (Å²) in [5, 5.41) is 3.70. The molecular formula is C19H20N2O5. The largest absolute Gasteiger partial charge is 0.490 e. The highest BCUT2D eigenvalue weighted by molar-refractivity contribution is 5.90. The van der Waals surface area contributed by atoms with E-state index < -0.39 is 11.9 Å². The van der Waals surface area contributed by atoms with Crippen LogP contribution < -0.4 is 15.2 Å². The van der Waals surface area contributed by atoms with E-state index in [0.29, 0.717) is 29.2 Å². The van der Waals surface area contributed by atoms with E-state index in [1.54, 1.807) is 30.3 Å². The van der Waals surface area contributed by atoms with E-state index in [9.17, 15) is 9.59 Å². The van der Waals surface area contributed by atoms with Gasteiger partial charge in [-0.15, -0.1) is 0 Å². The average molecular weight is 356 g/mol. The lowest BCUT2D eigenvalue weighted by Gasteiger charge is -2.11. The molecule has 0 radical (unpaired) electrons. The van der Waals surface area contributed by atoms with Crippen molar-refractivity contribution in [1.29, 1.82) is 0 Å². The topological polar surface area (TPSA) is 100 Å². The fraction of sp³-hybridized carbons (Fsp3) is 0.211. The highest BCUT2D eigenvalue weighted by Crippen LogP contribution is 2.28. The van der Waals surface area contributed by atoms with Gasteiger partial charge in [0.15, 0.2) is 18.1 Å². The van der Waals surface area contributed by atoms with Crippen molar-refractivity contribution >= 4 is 18.1 Å². The number of rotatable bonds is 8. The molecule has 2 N–H and O–H groups in total. The maximum Gasteiger partial charge on any atom is 0.365 e. The molecule has 0 bridgehead atoms. The van der Waals surface area contributed by atoms with E-state index in [1.807, 2.05) is 26.0 Å². The maximum absolute atomic E-state index is 11.9. The minimum atomic E-state index is -0.582. The van der Waals surface area contributed by atoms with E-state index in [2.05, 4.69) is 5.16 Å². The fourth-order valence-corrected chi connectivity index (χ4v) is 2.02. The van der Waals surface area contributed by atoms with Crippen LogP contribution in [0.2, 0.25) is 0 Å². The number of carbonyl (C=O) groups excluding carboxylic acids is 2. The molecule has 0 aliphatic heterocycles. The van der Waals surface area contributed by atoms with Gasteiger partial charge in [0.05, 0.1) is 18.4 Å². The molecule has 0 aliphatic carbocycles. The Labute approximate surface area is 151 Å². The molecule has 7 nitrogen and oxygen atoms in total. The first-order valence-electron chi connectivity index (χ1n) is 7.99. The summed E-state index contributed by atoms with van der Waals surface area (Å²) in [6.07, 6.45) is 1.38. The van der Waals surface area contributed by atoms with Crippen molar-refractivity contribution in [2.75, 3.05) is 13.2 Å². The van der Waals surface area contributed by atoms with E-state index in [1.165, 1.54) is 6.21 Å². The third-order valence-corrected chi connectivity index (χ3v) is 3.26. The Morgan fingerprint density at radius 1 is 1.08 bits per heavy atom. The van der Waals surface area contributed by atoms with Crippen molar-refractivity contribution in [1.82, 2.24) is 0 Å². The number of amides is 1. The van der Waals surface area contributed by atoms with Gasteiger partial charge in [0.2, 0.25) is 0 Å². The molecule has 2 aromatic rings. The second-order valence-corrected chi connectivity index (χ2v) is 5.37. The highest BCUT2D eigenvalue weighted by atomic mass is 16.7. The van der Waals surface area contributed by atoms with Crippen LogP contribution in [0.25, 0.3) is 0 Å². The molecule has 0 aromatic heterocycles. The van der Waals surface area contributed by atoms with Crippen LogP contribution >= 0.6 is 0 Å². The molecule has 136 valence electrons.